The molecule has 0 aliphatic heterocycles. The van der Waals surface area contributed by atoms with Crippen LogP contribution in [0.25, 0.3) is 0 Å². The van der Waals surface area contributed by atoms with Gasteiger partial charge in [-0.3, -0.25) is 4.79 Å². The van der Waals surface area contributed by atoms with Crippen LogP contribution < -0.4 is 5.73 Å². The summed E-state index contributed by atoms with van der Waals surface area (Å²) >= 11 is 0. The number of nitrogens with two attached hydrogens (primary N) is 1. The number of hydrogen-bond acceptors (Lipinski definition) is 4. The molecule has 0 unspecified atom stereocenters. The maximum absolute atomic E-state index is 12.4. The Kier molecular flexibility index (Phi) is 4.25. The van der Waals surface area contributed by atoms with Crippen molar-refractivity contribution in [3.8, 4) is 0 Å². The molecule has 0 atom stereocenters. The largest absolute Gasteiger partial charge is 0.336 e. The lowest BCUT2D eigenvalue weighted by atomic mass is 9.90. The van der Waals surface area contributed by atoms with Crippen LogP contribution >= 0.6 is 0 Å². The highest BCUT2D eigenvalue weighted by Gasteiger charge is 2.27. The Morgan fingerprint density at radius 3 is 2.67 bits per heavy atom. The summed E-state index contributed by atoms with van der Waals surface area (Å²) in [5.74, 6) is 0.0490. The van der Waals surface area contributed by atoms with Gasteiger partial charge in [-0.1, -0.05) is 0 Å². The molecule has 1 amide bonds. The first-order chi connectivity index (χ1) is 8.72. The highest BCUT2D eigenvalue weighted by atomic mass is 16.2. The van der Waals surface area contributed by atoms with Crippen LogP contribution in [0.2, 0.25) is 0 Å². The molecule has 1 aromatic rings. The second kappa shape index (κ2) is 5.91. The highest BCUT2D eigenvalue weighted by molar-refractivity contribution is 5.94. The van der Waals surface area contributed by atoms with E-state index >= 15 is 0 Å². The van der Waals surface area contributed by atoms with Crippen LogP contribution in [0.15, 0.2) is 18.5 Å². The molecular weight excluding hydrogens is 228 g/mol. The molecule has 0 saturated heterocycles. The Bertz CT molecular complexity index is 387. The van der Waals surface area contributed by atoms with Gasteiger partial charge in [0.25, 0.3) is 5.91 Å². The number of carbonyl (C=O) groups is 1. The number of rotatable bonds is 3. The lowest BCUT2D eigenvalue weighted by molar-refractivity contribution is 0.0640. The number of amides is 1. The van der Waals surface area contributed by atoms with Gasteiger partial charge in [-0.15, -0.1) is 0 Å². The van der Waals surface area contributed by atoms with Crippen LogP contribution in [-0.2, 0) is 0 Å². The van der Waals surface area contributed by atoms with Crippen LogP contribution in [0.1, 0.15) is 43.0 Å². The van der Waals surface area contributed by atoms with Crippen molar-refractivity contribution in [3.63, 3.8) is 0 Å². The summed E-state index contributed by atoms with van der Waals surface area (Å²) < 4.78 is 0. The molecule has 18 heavy (non-hydrogen) atoms. The van der Waals surface area contributed by atoms with Crippen molar-refractivity contribution in [2.75, 3.05) is 6.54 Å². The number of hydrogen-bond donors (Lipinski definition) is 1. The van der Waals surface area contributed by atoms with Gasteiger partial charge in [0, 0.05) is 18.6 Å². The van der Waals surface area contributed by atoms with E-state index in [1.807, 2.05) is 11.8 Å². The summed E-state index contributed by atoms with van der Waals surface area (Å²) in [6, 6.07) is 2.33. The molecule has 0 spiro atoms. The first-order valence-corrected chi connectivity index (χ1v) is 6.55. The molecule has 98 valence electrons. The number of aromatic nitrogens is 2. The van der Waals surface area contributed by atoms with E-state index < -0.39 is 0 Å². The molecule has 2 rings (SSSR count). The molecule has 0 radical (unpaired) electrons. The molecule has 1 aliphatic carbocycles. The van der Waals surface area contributed by atoms with Crippen LogP contribution in [0, 0.1) is 0 Å². The maximum Gasteiger partial charge on any atom is 0.255 e. The molecule has 2 N–H and O–H groups in total. The third-order valence-corrected chi connectivity index (χ3v) is 3.61. The fraction of sp³-hybridized carbons (Fsp3) is 0.615. The van der Waals surface area contributed by atoms with Crippen LogP contribution in [0.5, 0.6) is 0 Å². The van der Waals surface area contributed by atoms with Gasteiger partial charge in [0.1, 0.15) is 0 Å². The minimum atomic E-state index is 0.0490. The van der Waals surface area contributed by atoms with E-state index in [1.54, 1.807) is 12.3 Å². The Hall–Kier alpha value is -1.49. The monoisotopic (exact) mass is 248 g/mol. The molecule has 0 bridgehead atoms. The molecule has 1 aliphatic rings. The fourth-order valence-electron chi connectivity index (χ4n) is 2.56. The predicted octanol–water partition coefficient (Wildman–Crippen LogP) is 1.21. The first-order valence-electron chi connectivity index (χ1n) is 6.55. The van der Waals surface area contributed by atoms with Crippen molar-refractivity contribution >= 4 is 5.91 Å². The molecule has 1 saturated carbocycles. The minimum Gasteiger partial charge on any atom is -0.336 e. The predicted molar refractivity (Wildman–Crippen MR) is 69.0 cm³/mol. The second-order valence-electron chi connectivity index (χ2n) is 4.79. The van der Waals surface area contributed by atoms with Crippen molar-refractivity contribution in [3.05, 3.63) is 24.0 Å². The van der Waals surface area contributed by atoms with Gasteiger partial charge in [-0.05, 0) is 38.7 Å². The Morgan fingerprint density at radius 2 is 2.11 bits per heavy atom. The lowest BCUT2D eigenvalue weighted by Crippen LogP contribution is -2.44. The quantitative estimate of drug-likeness (QED) is 0.872. The molecule has 1 heterocycles. The molecule has 0 aromatic carbocycles. The fourth-order valence-corrected chi connectivity index (χ4v) is 2.56. The molecular formula is C13H20N4O. The van der Waals surface area contributed by atoms with Gasteiger partial charge in [-0.2, -0.15) is 10.2 Å². The van der Waals surface area contributed by atoms with E-state index in [1.165, 1.54) is 6.20 Å². The molecule has 1 aromatic heterocycles. The summed E-state index contributed by atoms with van der Waals surface area (Å²) in [4.78, 5) is 14.3. The minimum absolute atomic E-state index is 0.0490. The van der Waals surface area contributed by atoms with E-state index in [9.17, 15) is 4.79 Å². The zero-order valence-corrected chi connectivity index (χ0v) is 10.7. The number of carbonyl (C=O) groups excluding carboxylic acids is 1. The van der Waals surface area contributed by atoms with Crippen molar-refractivity contribution in [1.82, 2.24) is 15.1 Å². The summed E-state index contributed by atoms with van der Waals surface area (Å²) in [6.07, 6.45) is 7.09. The van der Waals surface area contributed by atoms with Gasteiger partial charge in [-0.25, -0.2) is 0 Å². The Balaban J connectivity index is 2.07. The van der Waals surface area contributed by atoms with Crippen LogP contribution in [0.4, 0.5) is 0 Å². The van der Waals surface area contributed by atoms with Gasteiger partial charge in [0.2, 0.25) is 0 Å². The summed E-state index contributed by atoms with van der Waals surface area (Å²) in [7, 11) is 0. The van der Waals surface area contributed by atoms with Gasteiger partial charge in [0.05, 0.1) is 18.0 Å². The van der Waals surface area contributed by atoms with Gasteiger partial charge in [0.15, 0.2) is 0 Å². The third kappa shape index (κ3) is 2.85. The third-order valence-electron chi connectivity index (χ3n) is 3.61. The zero-order chi connectivity index (χ0) is 13.0. The van der Waals surface area contributed by atoms with E-state index in [0.717, 1.165) is 32.2 Å². The van der Waals surface area contributed by atoms with Crippen molar-refractivity contribution < 1.29 is 4.79 Å². The van der Waals surface area contributed by atoms with Gasteiger partial charge >= 0.3 is 0 Å². The highest BCUT2D eigenvalue weighted by Crippen LogP contribution is 2.23. The SMILES string of the molecule is CCN(C(=O)c1ccnnc1)C1CCC(N)CC1. The summed E-state index contributed by atoms with van der Waals surface area (Å²) in [6.45, 7) is 2.74. The second-order valence-corrected chi connectivity index (χ2v) is 4.79. The smallest absolute Gasteiger partial charge is 0.255 e. The number of nitrogens with zero attached hydrogens (tertiary/aromatic N) is 3. The maximum atomic E-state index is 12.4. The van der Waals surface area contributed by atoms with E-state index in [2.05, 4.69) is 10.2 Å². The van der Waals surface area contributed by atoms with E-state index in [0.29, 0.717) is 17.6 Å². The van der Waals surface area contributed by atoms with Crippen molar-refractivity contribution in [2.24, 2.45) is 5.73 Å². The van der Waals surface area contributed by atoms with Gasteiger partial charge < -0.3 is 10.6 Å². The summed E-state index contributed by atoms with van der Waals surface area (Å²) in [5.41, 5.74) is 6.52. The van der Waals surface area contributed by atoms with Crippen molar-refractivity contribution in [1.29, 1.82) is 0 Å². The average molecular weight is 248 g/mol. The zero-order valence-electron chi connectivity index (χ0n) is 10.7. The molecule has 5 heteroatoms. The Labute approximate surface area is 107 Å². The van der Waals surface area contributed by atoms with Crippen molar-refractivity contribution in [2.45, 2.75) is 44.7 Å². The van der Waals surface area contributed by atoms with Crippen LogP contribution in [0.3, 0.4) is 0 Å². The normalized spacial score (nSPS) is 23.7. The van der Waals surface area contributed by atoms with Crippen LogP contribution in [-0.4, -0.2) is 39.6 Å². The van der Waals surface area contributed by atoms with E-state index in [-0.39, 0.29) is 5.91 Å². The average Bonchev–Trinajstić information content (AvgIpc) is 2.42. The Morgan fingerprint density at radius 1 is 1.39 bits per heavy atom. The topological polar surface area (TPSA) is 72.1 Å². The molecule has 5 nitrogen and oxygen atoms in total. The summed E-state index contributed by atoms with van der Waals surface area (Å²) in [5, 5.41) is 7.46. The van der Waals surface area contributed by atoms with E-state index in [4.69, 9.17) is 5.73 Å². The lowest BCUT2D eigenvalue weighted by Gasteiger charge is -2.35. The molecule has 1 fully saturated rings. The standard InChI is InChI=1S/C13H20N4O/c1-2-17(12-5-3-11(14)4-6-12)13(18)10-7-8-15-16-9-10/h7-9,11-12H,2-6,14H2,1H3. The first kappa shape index (κ1) is 13.0.